The average Bonchev–Trinajstić information content (AvgIpc) is 1.93. The second-order valence-electron chi connectivity index (χ2n) is 9.00. The molecule has 0 aromatic carbocycles. The maximum Gasteiger partial charge on any atom is 0.0311 e. The van der Waals surface area contributed by atoms with Crippen LogP contribution in [0.2, 0.25) is 0 Å². The van der Waals surface area contributed by atoms with Gasteiger partial charge in [0.25, 0.3) is 0 Å². The van der Waals surface area contributed by atoms with Crippen molar-refractivity contribution in [2.75, 3.05) is 6.16 Å². The van der Waals surface area contributed by atoms with Gasteiger partial charge in [-0.25, -0.2) is 0 Å². The van der Waals surface area contributed by atoms with Crippen LogP contribution in [0.1, 0.15) is 75.2 Å². The summed E-state index contributed by atoms with van der Waals surface area (Å²) in [6.07, 6.45) is 3.26. The van der Waals surface area contributed by atoms with Crippen molar-refractivity contribution in [3.8, 4) is 0 Å². The van der Waals surface area contributed by atoms with Crippen LogP contribution in [0, 0.1) is 16.7 Å². The molecule has 0 fully saturated rings. The van der Waals surface area contributed by atoms with Crippen LogP contribution in [0.4, 0.5) is 0 Å². The second kappa shape index (κ2) is 6.23. The fraction of sp³-hybridized carbons (Fsp3) is 1.00. The molecule has 0 aliphatic heterocycles. The smallest absolute Gasteiger partial charge is 0.0311 e. The van der Waals surface area contributed by atoms with Gasteiger partial charge in [0.15, 0.2) is 0 Å². The first-order chi connectivity index (χ1) is 7.73. The van der Waals surface area contributed by atoms with Gasteiger partial charge in [0, 0.05) is 13.3 Å². The van der Waals surface area contributed by atoms with E-state index in [2.05, 4.69) is 62.3 Å². The zero-order chi connectivity index (χ0) is 14.8. The number of rotatable bonds is 5. The standard InChI is InChI=1S/C16H35OP/c1-13(10-14(2,3)4)11-18(17)16(8,9)12-15(5,6)7/h13,17H,10-12H2,1-9H3. The maximum absolute atomic E-state index is 10.6. The van der Waals surface area contributed by atoms with E-state index in [4.69, 9.17) is 0 Å². The van der Waals surface area contributed by atoms with Gasteiger partial charge in [-0.1, -0.05) is 62.3 Å². The topological polar surface area (TPSA) is 20.2 Å². The first-order valence-electron chi connectivity index (χ1n) is 7.19. The maximum atomic E-state index is 10.6. The van der Waals surface area contributed by atoms with E-state index in [0.717, 1.165) is 12.6 Å². The molecule has 1 N–H and O–H groups in total. The summed E-state index contributed by atoms with van der Waals surface area (Å²) in [5, 5.41) is 0.0692. The Bertz CT molecular complexity index is 245. The summed E-state index contributed by atoms with van der Waals surface area (Å²) >= 11 is 0. The summed E-state index contributed by atoms with van der Waals surface area (Å²) in [7, 11) is -0.881. The molecule has 18 heavy (non-hydrogen) atoms. The van der Waals surface area contributed by atoms with Crippen molar-refractivity contribution in [2.24, 2.45) is 16.7 Å². The molecule has 0 amide bonds. The van der Waals surface area contributed by atoms with Crippen LogP contribution in [0.3, 0.4) is 0 Å². The van der Waals surface area contributed by atoms with Crippen molar-refractivity contribution in [1.82, 2.24) is 0 Å². The van der Waals surface area contributed by atoms with Crippen LogP contribution in [-0.2, 0) is 0 Å². The molecule has 0 aromatic rings. The molecule has 0 radical (unpaired) electrons. The van der Waals surface area contributed by atoms with Gasteiger partial charge in [-0.2, -0.15) is 0 Å². The summed E-state index contributed by atoms with van der Waals surface area (Å²) in [5.74, 6) is 0.611. The minimum Gasteiger partial charge on any atom is -0.373 e. The largest absolute Gasteiger partial charge is 0.373 e. The number of hydrogen-bond acceptors (Lipinski definition) is 1. The van der Waals surface area contributed by atoms with Crippen LogP contribution in [-0.4, -0.2) is 16.2 Å². The third-order valence-corrected chi connectivity index (χ3v) is 5.63. The Kier molecular flexibility index (Phi) is 6.36. The molecule has 0 saturated heterocycles. The highest BCUT2D eigenvalue weighted by Crippen LogP contribution is 2.52. The zero-order valence-corrected chi connectivity index (χ0v) is 15.0. The zero-order valence-electron chi connectivity index (χ0n) is 14.1. The van der Waals surface area contributed by atoms with Gasteiger partial charge in [0.05, 0.1) is 0 Å². The molecule has 0 spiro atoms. The molecule has 0 bridgehead atoms. The highest BCUT2D eigenvalue weighted by atomic mass is 31.1. The van der Waals surface area contributed by atoms with Gasteiger partial charge in [-0.15, -0.1) is 0 Å². The summed E-state index contributed by atoms with van der Waals surface area (Å²) in [6.45, 7) is 20.4. The Morgan fingerprint density at radius 1 is 0.889 bits per heavy atom. The highest BCUT2D eigenvalue weighted by molar-refractivity contribution is 7.53. The van der Waals surface area contributed by atoms with Crippen LogP contribution < -0.4 is 0 Å². The fourth-order valence-corrected chi connectivity index (χ4v) is 4.91. The van der Waals surface area contributed by atoms with Crippen LogP contribution in [0.15, 0.2) is 0 Å². The second-order valence-corrected chi connectivity index (χ2v) is 11.4. The Labute approximate surface area is 117 Å². The van der Waals surface area contributed by atoms with E-state index in [-0.39, 0.29) is 5.16 Å². The Balaban J connectivity index is 4.43. The van der Waals surface area contributed by atoms with Crippen molar-refractivity contribution in [3.63, 3.8) is 0 Å². The van der Waals surface area contributed by atoms with Crippen molar-refractivity contribution < 1.29 is 4.89 Å². The minimum atomic E-state index is -0.881. The molecule has 0 saturated carbocycles. The normalized spacial score (nSPS) is 17.7. The van der Waals surface area contributed by atoms with Gasteiger partial charge >= 0.3 is 0 Å². The first kappa shape index (κ1) is 18.4. The van der Waals surface area contributed by atoms with E-state index in [0.29, 0.717) is 16.7 Å². The van der Waals surface area contributed by atoms with Crippen molar-refractivity contribution in [3.05, 3.63) is 0 Å². The summed E-state index contributed by atoms with van der Waals surface area (Å²) < 4.78 is 0. The van der Waals surface area contributed by atoms with Gasteiger partial charge in [0.2, 0.25) is 0 Å². The van der Waals surface area contributed by atoms with E-state index >= 15 is 0 Å². The molecule has 0 rings (SSSR count). The van der Waals surface area contributed by atoms with E-state index < -0.39 is 8.15 Å². The molecule has 2 atom stereocenters. The van der Waals surface area contributed by atoms with Gasteiger partial charge in [-0.3, -0.25) is 0 Å². The lowest BCUT2D eigenvalue weighted by molar-refractivity contribution is 0.310. The monoisotopic (exact) mass is 274 g/mol. The van der Waals surface area contributed by atoms with Crippen molar-refractivity contribution >= 4 is 8.15 Å². The van der Waals surface area contributed by atoms with Crippen LogP contribution in [0.5, 0.6) is 0 Å². The molecule has 1 nitrogen and oxygen atoms in total. The number of hydrogen-bond donors (Lipinski definition) is 1. The van der Waals surface area contributed by atoms with Gasteiger partial charge in [-0.05, 0) is 35.8 Å². The van der Waals surface area contributed by atoms with Gasteiger partial charge < -0.3 is 4.89 Å². The fourth-order valence-electron chi connectivity index (χ4n) is 3.04. The Morgan fingerprint density at radius 3 is 1.67 bits per heavy atom. The summed E-state index contributed by atoms with van der Waals surface area (Å²) in [4.78, 5) is 10.6. The molecule has 2 unspecified atom stereocenters. The van der Waals surface area contributed by atoms with Gasteiger partial charge in [0.1, 0.15) is 0 Å². The molecule has 0 aliphatic carbocycles. The molecular formula is C16H35OP. The quantitative estimate of drug-likeness (QED) is 0.641. The highest BCUT2D eigenvalue weighted by Gasteiger charge is 2.33. The minimum absolute atomic E-state index is 0.0692. The SMILES string of the molecule is CC(CP(O)C(C)(C)CC(C)(C)C)CC(C)(C)C. The molecule has 0 aromatic heterocycles. The third kappa shape index (κ3) is 8.48. The van der Waals surface area contributed by atoms with E-state index in [1.54, 1.807) is 0 Å². The summed E-state index contributed by atoms with van der Waals surface area (Å²) in [5.41, 5.74) is 0.657. The van der Waals surface area contributed by atoms with E-state index in [1.165, 1.54) is 6.42 Å². The lowest BCUT2D eigenvalue weighted by Gasteiger charge is -2.37. The molecule has 0 aliphatic rings. The predicted octanol–water partition coefficient (Wildman–Crippen LogP) is 5.66. The first-order valence-corrected chi connectivity index (χ1v) is 8.67. The molecule has 110 valence electrons. The van der Waals surface area contributed by atoms with Crippen LogP contribution >= 0.6 is 8.15 Å². The molecule has 0 heterocycles. The molecular weight excluding hydrogens is 239 g/mol. The average molecular weight is 274 g/mol. The third-order valence-electron chi connectivity index (χ3n) is 3.11. The van der Waals surface area contributed by atoms with Crippen molar-refractivity contribution in [2.45, 2.75) is 80.3 Å². The van der Waals surface area contributed by atoms with Crippen LogP contribution in [0.25, 0.3) is 0 Å². The van der Waals surface area contributed by atoms with Crippen molar-refractivity contribution in [1.29, 1.82) is 0 Å². The lowest BCUT2D eigenvalue weighted by atomic mass is 9.85. The van der Waals surface area contributed by atoms with E-state index in [9.17, 15) is 4.89 Å². The molecule has 2 heteroatoms. The Morgan fingerprint density at radius 2 is 1.33 bits per heavy atom. The van der Waals surface area contributed by atoms with E-state index in [1.807, 2.05) is 0 Å². The predicted molar refractivity (Wildman–Crippen MR) is 85.4 cm³/mol. The summed E-state index contributed by atoms with van der Waals surface area (Å²) in [6, 6.07) is 0. The Hall–Kier alpha value is 0.390. The lowest BCUT2D eigenvalue weighted by Crippen LogP contribution is -2.27.